The topological polar surface area (TPSA) is 52.9 Å². The molecule has 0 aliphatic heterocycles. The van der Waals surface area contributed by atoms with Crippen LogP contribution in [0.25, 0.3) is 0 Å². The number of amides is 1. The van der Waals surface area contributed by atoms with E-state index >= 15 is 0 Å². The van der Waals surface area contributed by atoms with Crippen LogP contribution in [-0.4, -0.2) is 5.91 Å². The second kappa shape index (κ2) is 6.08. The van der Waals surface area contributed by atoms with E-state index in [0.717, 1.165) is 0 Å². The third-order valence-electron chi connectivity index (χ3n) is 2.98. The quantitative estimate of drug-likeness (QED) is 0.898. The Kier molecular flexibility index (Phi) is 5.01. The smallest absolute Gasteiger partial charge is 0.244 e. The molecule has 5 heteroatoms. The first-order valence-electron chi connectivity index (χ1n) is 5.66. The van der Waals surface area contributed by atoms with Crippen LogP contribution in [0.3, 0.4) is 0 Å². The number of hydrogen-bond acceptors (Lipinski definition) is 2. The van der Waals surface area contributed by atoms with Crippen LogP contribution in [0.2, 0.25) is 10.0 Å². The van der Waals surface area contributed by atoms with Gasteiger partial charge in [0.15, 0.2) is 0 Å². The Morgan fingerprint density at radius 2 is 1.78 bits per heavy atom. The standard InChI is InChI=1S/C13H14Cl2N2O/c1-3-13(4-2,8-16)12(18)17-11-6-9(14)5-10(15)7-11/h5-7H,3-4H2,1-2H3,(H,17,18). The molecule has 18 heavy (non-hydrogen) atoms. The zero-order valence-electron chi connectivity index (χ0n) is 10.3. The maximum Gasteiger partial charge on any atom is 0.244 e. The second-order valence-corrected chi connectivity index (χ2v) is 4.89. The Balaban J connectivity index is 2.97. The second-order valence-electron chi connectivity index (χ2n) is 4.01. The molecule has 1 amide bonds. The predicted molar refractivity (Wildman–Crippen MR) is 73.7 cm³/mol. The molecule has 0 aliphatic rings. The summed E-state index contributed by atoms with van der Waals surface area (Å²) >= 11 is 11.7. The van der Waals surface area contributed by atoms with Gasteiger partial charge in [-0.2, -0.15) is 5.26 Å². The molecule has 0 bridgehead atoms. The number of nitriles is 1. The number of nitrogens with one attached hydrogen (secondary N) is 1. The molecule has 0 heterocycles. The Bertz CT molecular complexity index is 470. The number of nitrogens with zero attached hydrogens (tertiary/aromatic N) is 1. The minimum absolute atomic E-state index is 0.326. The molecule has 0 saturated heterocycles. The molecule has 0 fully saturated rings. The minimum Gasteiger partial charge on any atom is -0.325 e. The monoisotopic (exact) mass is 284 g/mol. The molecule has 0 saturated carbocycles. The van der Waals surface area contributed by atoms with E-state index in [0.29, 0.717) is 28.6 Å². The third-order valence-corrected chi connectivity index (χ3v) is 3.41. The summed E-state index contributed by atoms with van der Waals surface area (Å²) in [6.45, 7) is 3.63. The van der Waals surface area contributed by atoms with Crippen molar-refractivity contribution in [3.63, 3.8) is 0 Å². The van der Waals surface area contributed by atoms with Crippen molar-refractivity contribution in [1.82, 2.24) is 0 Å². The zero-order valence-corrected chi connectivity index (χ0v) is 11.8. The number of rotatable bonds is 4. The zero-order chi connectivity index (χ0) is 13.8. The fourth-order valence-corrected chi connectivity index (χ4v) is 2.18. The largest absolute Gasteiger partial charge is 0.325 e. The van der Waals surface area contributed by atoms with Gasteiger partial charge in [0, 0.05) is 15.7 Å². The SMILES string of the molecule is CCC(C#N)(CC)C(=O)Nc1cc(Cl)cc(Cl)c1. The van der Waals surface area contributed by atoms with Gasteiger partial charge < -0.3 is 5.32 Å². The summed E-state index contributed by atoms with van der Waals surface area (Å²) in [5, 5.41) is 12.7. The average molecular weight is 285 g/mol. The fraction of sp³-hybridized carbons (Fsp3) is 0.385. The van der Waals surface area contributed by atoms with Crippen molar-refractivity contribution >= 4 is 34.8 Å². The van der Waals surface area contributed by atoms with E-state index in [9.17, 15) is 10.1 Å². The van der Waals surface area contributed by atoms with E-state index in [1.54, 1.807) is 18.2 Å². The van der Waals surface area contributed by atoms with Gasteiger partial charge in [-0.1, -0.05) is 37.0 Å². The van der Waals surface area contributed by atoms with Crippen molar-refractivity contribution in [1.29, 1.82) is 5.26 Å². The fourth-order valence-electron chi connectivity index (χ4n) is 1.66. The van der Waals surface area contributed by atoms with Gasteiger partial charge in [-0.25, -0.2) is 0 Å². The van der Waals surface area contributed by atoms with Crippen molar-refractivity contribution in [2.75, 3.05) is 5.32 Å². The molecule has 0 aliphatic carbocycles. The highest BCUT2D eigenvalue weighted by Gasteiger charge is 2.35. The molecule has 1 rings (SSSR count). The maximum absolute atomic E-state index is 12.1. The lowest BCUT2D eigenvalue weighted by Crippen LogP contribution is -2.33. The molecule has 1 N–H and O–H groups in total. The van der Waals surface area contributed by atoms with Gasteiger partial charge in [0.2, 0.25) is 5.91 Å². The number of hydrogen-bond donors (Lipinski definition) is 1. The lowest BCUT2D eigenvalue weighted by Gasteiger charge is -2.22. The van der Waals surface area contributed by atoms with Crippen LogP contribution in [0.15, 0.2) is 18.2 Å². The van der Waals surface area contributed by atoms with Crippen LogP contribution in [0.5, 0.6) is 0 Å². The summed E-state index contributed by atoms with van der Waals surface area (Å²) in [5.74, 6) is -0.326. The molecular formula is C13H14Cl2N2O. The minimum atomic E-state index is -1.01. The number of carbonyl (C=O) groups excluding carboxylic acids is 1. The molecule has 3 nitrogen and oxygen atoms in total. The van der Waals surface area contributed by atoms with Crippen molar-refractivity contribution in [2.24, 2.45) is 5.41 Å². The van der Waals surface area contributed by atoms with Gasteiger partial charge in [0.25, 0.3) is 0 Å². The summed E-state index contributed by atoms with van der Waals surface area (Å²) in [7, 11) is 0. The van der Waals surface area contributed by atoms with Gasteiger partial charge in [-0.15, -0.1) is 0 Å². The van der Waals surface area contributed by atoms with E-state index in [1.807, 2.05) is 13.8 Å². The maximum atomic E-state index is 12.1. The van der Waals surface area contributed by atoms with Crippen LogP contribution < -0.4 is 5.32 Å². The first kappa shape index (κ1) is 14.8. The Labute approximate surface area is 117 Å². The van der Waals surface area contributed by atoms with Crippen LogP contribution >= 0.6 is 23.2 Å². The summed E-state index contributed by atoms with van der Waals surface area (Å²) in [6.07, 6.45) is 0.917. The average Bonchev–Trinajstić information content (AvgIpc) is 2.30. The Morgan fingerprint density at radius 3 is 2.17 bits per heavy atom. The van der Waals surface area contributed by atoms with Crippen LogP contribution in [0.4, 0.5) is 5.69 Å². The van der Waals surface area contributed by atoms with E-state index in [1.165, 1.54) is 0 Å². The number of benzene rings is 1. The number of carbonyl (C=O) groups is 1. The highest BCUT2D eigenvalue weighted by Crippen LogP contribution is 2.29. The molecule has 1 aromatic carbocycles. The molecule has 0 aromatic heterocycles. The van der Waals surface area contributed by atoms with Gasteiger partial charge in [0.05, 0.1) is 6.07 Å². The van der Waals surface area contributed by atoms with Crippen molar-refractivity contribution in [3.8, 4) is 6.07 Å². The summed E-state index contributed by atoms with van der Waals surface area (Å²) in [5.41, 5.74) is -0.506. The molecule has 0 atom stereocenters. The van der Waals surface area contributed by atoms with Gasteiger partial charge in [-0.3, -0.25) is 4.79 Å². The van der Waals surface area contributed by atoms with Crippen molar-refractivity contribution < 1.29 is 4.79 Å². The van der Waals surface area contributed by atoms with Gasteiger partial charge in [0.1, 0.15) is 5.41 Å². The van der Waals surface area contributed by atoms with Crippen molar-refractivity contribution in [3.05, 3.63) is 28.2 Å². The highest BCUT2D eigenvalue weighted by molar-refractivity contribution is 6.35. The first-order chi connectivity index (χ1) is 8.47. The Hall–Kier alpha value is -1.24. The van der Waals surface area contributed by atoms with Crippen LogP contribution in [0.1, 0.15) is 26.7 Å². The molecule has 0 unspecified atom stereocenters. The first-order valence-corrected chi connectivity index (χ1v) is 6.41. The number of anilines is 1. The summed E-state index contributed by atoms with van der Waals surface area (Å²) in [6, 6.07) is 6.86. The number of halogens is 2. The molecule has 0 spiro atoms. The van der Waals surface area contributed by atoms with E-state index in [4.69, 9.17) is 23.2 Å². The molecule has 96 valence electrons. The van der Waals surface area contributed by atoms with Gasteiger partial charge >= 0.3 is 0 Å². The van der Waals surface area contributed by atoms with E-state index in [2.05, 4.69) is 11.4 Å². The lowest BCUT2D eigenvalue weighted by molar-refractivity contribution is -0.123. The molecule has 1 aromatic rings. The van der Waals surface area contributed by atoms with E-state index < -0.39 is 5.41 Å². The third kappa shape index (κ3) is 3.16. The highest BCUT2D eigenvalue weighted by atomic mass is 35.5. The summed E-state index contributed by atoms with van der Waals surface area (Å²) in [4.78, 5) is 12.1. The predicted octanol–water partition coefficient (Wildman–Crippen LogP) is 4.26. The Morgan fingerprint density at radius 1 is 1.28 bits per heavy atom. The van der Waals surface area contributed by atoms with Crippen LogP contribution in [-0.2, 0) is 4.79 Å². The molecule has 0 radical (unpaired) electrons. The van der Waals surface area contributed by atoms with E-state index in [-0.39, 0.29) is 5.91 Å². The normalized spacial score (nSPS) is 10.8. The summed E-state index contributed by atoms with van der Waals surface area (Å²) < 4.78 is 0. The lowest BCUT2D eigenvalue weighted by atomic mass is 9.83. The van der Waals surface area contributed by atoms with Crippen LogP contribution in [0, 0.1) is 16.7 Å². The van der Waals surface area contributed by atoms with Crippen molar-refractivity contribution in [2.45, 2.75) is 26.7 Å². The van der Waals surface area contributed by atoms with Gasteiger partial charge in [-0.05, 0) is 31.0 Å². The molecular weight excluding hydrogens is 271 g/mol.